The minimum absolute atomic E-state index is 0.198. The van der Waals surface area contributed by atoms with Crippen molar-refractivity contribution in [3.05, 3.63) is 34.8 Å². The molecule has 18 heavy (non-hydrogen) atoms. The molecule has 1 aromatic carbocycles. The molecular formula is C15H19NO2. The molecule has 3 rings (SSSR count). The van der Waals surface area contributed by atoms with Crippen LogP contribution in [0.3, 0.4) is 0 Å². The van der Waals surface area contributed by atoms with Gasteiger partial charge in [0.1, 0.15) is 0 Å². The Bertz CT molecular complexity index is 588. The lowest BCUT2D eigenvalue weighted by Gasteiger charge is -2.28. The minimum atomic E-state index is -0.198. The third-order valence-electron chi connectivity index (χ3n) is 4.28. The lowest BCUT2D eigenvalue weighted by atomic mass is 9.84. The molecule has 2 aromatic rings. The Balaban J connectivity index is 1.95. The number of aromatic nitrogens is 1. The average molecular weight is 245 g/mol. The number of para-hydroxylation sites is 2. The van der Waals surface area contributed by atoms with Crippen LogP contribution in [-0.4, -0.2) is 4.57 Å². The van der Waals surface area contributed by atoms with Crippen molar-refractivity contribution < 1.29 is 4.42 Å². The number of rotatable bonds is 2. The quantitative estimate of drug-likeness (QED) is 0.808. The normalized spacial score (nSPS) is 24.5. The highest BCUT2D eigenvalue weighted by Gasteiger charge is 2.24. The van der Waals surface area contributed by atoms with Gasteiger partial charge in [0.25, 0.3) is 0 Å². The molecule has 0 saturated heterocycles. The van der Waals surface area contributed by atoms with Gasteiger partial charge in [0, 0.05) is 6.04 Å². The molecule has 0 atom stereocenters. The predicted molar refractivity (Wildman–Crippen MR) is 71.8 cm³/mol. The molecule has 0 aliphatic heterocycles. The molecule has 96 valence electrons. The average Bonchev–Trinajstić information content (AvgIpc) is 2.75. The first-order valence-electron chi connectivity index (χ1n) is 6.89. The molecule has 1 aliphatic carbocycles. The van der Waals surface area contributed by atoms with E-state index in [-0.39, 0.29) is 5.76 Å². The van der Waals surface area contributed by atoms with Crippen LogP contribution in [0, 0.1) is 5.92 Å². The molecule has 1 aliphatic rings. The van der Waals surface area contributed by atoms with Gasteiger partial charge in [-0.1, -0.05) is 25.5 Å². The molecule has 1 saturated carbocycles. The summed E-state index contributed by atoms with van der Waals surface area (Å²) >= 11 is 0. The van der Waals surface area contributed by atoms with Crippen molar-refractivity contribution in [1.29, 1.82) is 0 Å². The number of fused-ring (bicyclic) bond motifs is 1. The fourth-order valence-corrected chi connectivity index (χ4v) is 3.14. The van der Waals surface area contributed by atoms with Crippen molar-refractivity contribution in [2.45, 2.75) is 45.1 Å². The van der Waals surface area contributed by atoms with Gasteiger partial charge in [-0.3, -0.25) is 4.57 Å². The maximum atomic E-state index is 12.0. The monoisotopic (exact) mass is 245 g/mol. The summed E-state index contributed by atoms with van der Waals surface area (Å²) in [4.78, 5) is 12.0. The molecule has 0 amide bonds. The van der Waals surface area contributed by atoms with Crippen LogP contribution in [0.4, 0.5) is 0 Å². The first-order chi connectivity index (χ1) is 8.79. The lowest BCUT2D eigenvalue weighted by molar-refractivity contribution is 0.263. The summed E-state index contributed by atoms with van der Waals surface area (Å²) in [6.45, 7) is 2.25. The Morgan fingerprint density at radius 3 is 2.67 bits per heavy atom. The molecule has 3 heteroatoms. The summed E-state index contributed by atoms with van der Waals surface area (Å²) in [5, 5.41) is 0. The zero-order valence-corrected chi connectivity index (χ0v) is 10.8. The van der Waals surface area contributed by atoms with Crippen LogP contribution in [-0.2, 0) is 0 Å². The summed E-state index contributed by atoms with van der Waals surface area (Å²) < 4.78 is 7.18. The predicted octanol–water partition coefficient (Wildman–Crippen LogP) is 3.74. The van der Waals surface area contributed by atoms with Gasteiger partial charge >= 0.3 is 5.76 Å². The van der Waals surface area contributed by atoms with Crippen molar-refractivity contribution in [1.82, 2.24) is 4.57 Å². The number of oxazole rings is 1. The zero-order valence-electron chi connectivity index (χ0n) is 10.8. The Kier molecular flexibility index (Phi) is 2.98. The van der Waals surface area contributed by atoms with Crippen molar-refractivity contribution in [3.63, 3.8) is 0 Å². The second-order valence-electron chi connectivity index (χ2n) is 5.29. The van der Waals surface area contributed by atoms with E-state index in [0.29, 0.717) is 11.6 Å². The minimum Gasteiger partial charge on any atom is -0.408 e. The van der Waals surface area contributed by atoms with Gasteiger partial charge in [-0.05, 0) is 43.7 Å². The Labute approximate surface area is 106 Å². The topological polar surface area (TPSA) is 35.1 Å². The number of benzene rings is 1. The van der Waals surface area contributed by atoms with Crippen LogP contribution in [0.5, 0.6) is 0 Å². The zero-order chi connectivity index (χ0) is 12.5. The van der Waals surface area contributed by atoms with Crippen LogP contribution in [0.15, 0.2) is 33.5 Å². The molecule has 0 unspecified atom stereocenters. The molecule has 0 bridgehead atoms. The smallest absolute Gasteiger partial charge is 0.408 e. The summed E-state index contributed by atoms with van der Waals surface area (Å²) in [5.74, 6) is 0.645. The number of hydrogen-bond acceptors (Lipinski definition) is 2. The van der Waals surface area contributed by atoms with E-state index in [2.05, 4.69) is 6.92 Å². The van der Waals surface area contributed by atoms with E-state index < -0.39 is 0 Å². The van der Waals surface area contributed by atoms with Crippen LogP contribution in [0.25, 0.3) is 11.1 Å². The highest BCUT2D eigenvalue weighted by Crippen LogP contribution is 2.34. The van der Waals surface area contributed by atoms with Crippen molar-refractivity contribution in [3.8, 4) is 0 Å². The van der Waals surface area contributed by atoms with Crippen LogP contribution >= 0.6 is 0 Å². The van der Waals surface area contributed by atoms with Gasteiger partial charge < -0.3 is 4.42 Å². The summed E-state index contributed by atoms with van der Waals surface area (Å²) in [6.07, 6.45) is 5.91. The summed E-state index contributed by atoms with van der Waals surface area (Å²) in [7, 11) is 0. The number of nitrogens with zero attached hydrogens (tertiary/aromatic N) is 1. The lowest BCUT2D eigenvalue weighted by Crippen LogP contribution is -2.24. The third-order valence-corrected chi connectivity index (χ3v) is 4.28. The van der Waals surface area contributed by atoms with Gasteiger partial charge in [-0.2, -0.15) is 0 Å². The standard InChI is InChI=1S/C15H19NO2/c1-2-11-7-9-12(10-8-11)16-13-5-3-4-6-14(13)18-15(16)17/h3-6,11-12H,2,7-10H2,1H3. The first-order valence-corrected chi connectivity index (χ1v) is 6.89. The van der Waals surface area contributed by atoms with Gasteiger partial charge in [0.05, 0.1) is 5.52 Å². The fraction of sp³-hybridized carbons (Fsp3) is 0.533. The number of hydrogen-bond donors (Lipinski definition) is 0. The van der Waals surface area contributed by atoms with E-state index in [4.69, 9.17) is 4.42 Å². The molecular weight excluding hydrogens is 226 g/mol. The largest absolute Gasteiger partial charge is 0.420 e. The van der Waals surface area contributed by atoms with Crippen LogP contribution in [0.2, 0.25) is 0 Å². The van der Waals surface area contributed by atoms with Gasteiger partial charge in [-0.25, -0.2) is 4.79 Å². The Morgan fingerprint density at radius 1 is 1.22 bits per heavy atom. The van der Waals surface area contributed by atoms with Gasteiger partial charge in [0.15, 0.2) is 5.58 Å². The van der Waals surface area contributed by atoms with E-state index in [1.807, 2.05) is 28.8 Å². The SMILES string of the molecule is CCC1CCC(n2c(=O)oc3ccccc32)CC1. The Hall–Kier alpha value is -1.51. The maximum Gasteiger partial charge on any atom is 0.420 e. The second-order valence-corrected chi connectivity index (χ2v) is 5.29. The van der Waals surface area contributed by atoms with Gasteiger partial charge in [-0.15, -0.1) is 0 Å². The summed E-state index contributed by atoms with van der Waals surface area (Å²) in [6, 6.07) is 8.04. The van der Waals surface area contributed by atoms with E-state index in [1.165, 1.54) is 19.3 Å². The third kappa shape index (κ3) is 1.88. The van der Waals surface area contributed by atoms with E-state index in [0.717, 1.165) is 24.3 Å². The highest BCUT2D eigenvalue weighted by molar-refractivity contribution is 5.72. The second kappa shape index (κ2) is 4.63. The van der Waals surface area contributed by atoms with E-state index in [9.17, 15) is 4.79 Å². The molecule has 0 N–H and O–H groups in total. The fourth-order valence-electron chi connectivity index (χ4n) is 3.14. The summed E-state index contributed by atoms with van der Waals surface area (Å²) in [5.41, 5.74) is 1.66. The Morgan fingerprint density at radius 2 is 1.94 bits per heavy atom. The van der Waals surface area contributed by atoms with E-state index >= 15 is 0 Å². The van der Waals surface area contributed by atoms with E-state index in [1.54, 1.807) is 0 Å². The van der Waals surface area contributed by atoms with Crippen LogP contribution in [0.1, 0.15) is 45.1 Å². The molecule has 1 aromatic heterocycles. The molecule has 0 radical (unpaired) electrons. The maximum absolute atomic E-state index is 12.0. The molecule has 1 fully saturated rings. The van der Waals surface area contributed by atoms with Crippen molar-refractivity contribution >= 4 is 11.1 Å². The molecule has 3 nitrogen and oxygen atoms in total. The van der Waals surface area contributed by atoms with Crippen molar-refractivity contribution in [2.75, 3.05) is 0 Å². The first kappa shape index (κ1) is 11.6. The highest BCUT2D eigenvalue weighted by atomic mass is 16.4. The molecule has 0 spiro atoms. The molecule has 1 heterocycles. The van der Waals surface area contributed by atoms with Crippen molar-refractivity contribution in [2.24, 2.45) is 5.92 Å². The van der Waals surface area contributed by atoms with Crippen LogP contribution < -0.4 is 5.76 Å². The van der Waals surface area contributed by atoms with Gasteiger partial charge in [0.2, 0.25) is 0 Å².